The molecule has 0 spiro atoms. The van der Waals surface area contributed by atoms with Gasteiger partial charge in [0.05, 0.1) is 11.0 Å². The summed E-state index contributed by atoms with van der Waals surface area (Å²) in [6.45, 7) is 4.46. The quantitative estimate of drug-likeness (QED) is 0.152. The third kappa shape index (κ3) is 7.70. The number of aryl methyl sites for hydroxylation is 2. The Bertz CT molecular complexity index is 980. The molecule has 1 aliphatic rings. The fraction of sp³-hybridized carbons (Fsp3) is 0.576. The summed E-state index contributed by atoms with van der Waals surface area (Å²) in [6.07, 6.45) is 18.0. The number of nitrogens with zero attached hydrogens (tertiary/aromatic N) is 1. The first-order valence-electron chi connectivity index (χ1n) is 14.5. The molecule has 0 amide bonds. The summed E-state index contributed by atoms with van der Waals surface area (Å²) in [5.74, 6) is 0.191. The average Bonchev–Trinajstić information content (AvgIpc) is 2.92. The maximum Gasteiger partial charge on any atom is 0.321 e. The Morgan fingerprint density at radius 1 is 0.806 bits per heavy atom. The van der Waals surface area contributed by atoms with Crippen LogP contribution in [-0.2, 0) is 23.1 Å². The van der Waals surface area contributed by atoms with Crippen molar-refractivity contribution in [3.05, 3.63) is 64.7 Å². The average molecular weight is 488 g/mol. The molecule has 0 aliphatic heterocycles. The maximum absolute atomic E-state index is 13.7. The van der Waals surface area contributed by atoms with E-state index in [9.17, 15) is 10.1 Å². The van der Waals surface area contributed by atoms with Gasteiger partial charge in [-0.3, -0.25) is 4.79 Å². The third-order valence-corrected chi connectivity index (χ3v) is 7.86. The van der Waals surface area contributed by atoms with Gasteiger partial charge in [0.1, 0.15) is 11.8 Å². The van der Waals surface area contributed by atoms with Crippen LogP contribution in [0.3, 0.4) is 0 Å². The van der Waals surface area contributed by atoms with Crippen molar-refractivity contribution in [3.63, 3.8) is 0 Å². The lowest BCUT2D eigenvalue weighted by atomic mass is 9.69. The van der Waals surface area contributed by atoms with Crippen LogP contribution in [0.4, 0.5) is 0 Å². The van der Waals surface area contributed by atoms with Crippen molar-refractivity contribution in [2.45, 2.75) is 122 Å². The molecule has 2 aromatic rings. The van der Waals surface area contributed by atoms with E-state index in [-0.39, 0.29) is 5.97 Å². The topological polar surface area (TPSA) is 50.1 Å². The monoisotopic (exact) mass is 487 g/mol. The molecule has 1 aliphatic carbocycles. The third-order valence-electron chi connectivity index (χ3n) is 7.86. The predicted octanol–water partition coefficient (Wildman–Crippen LogP) is 9.00. The minimum Gasteiger partial charge on any atom is -0.424 e. The molecule has 1 fully saturated rings. The van der Waals surface area contributed by atoms with Gasteiger partial charge in [0.15, 0.2) is 0 Å². The van der Waals surface area contributed by atoms with Gasteiger partial charge < -0.3 is 4.74 Å². The molecule has 36 heavy (non-hydrogen) atoms. The van der Waals surface area contributed by atoms with Gasteiger partial charge in [0.2, 0.25) is 0 Å². The molecule has 0 saturated heterocycles. The number of hydrogen-bond acceptors (Lipinski definition) is 3. The van der Waals surface area contributed by atoms with E-state index in [1.165, 1.54) is 56.9 Å². The number of ether oxygens (including phenoxy) is 1. The van der Waals surface area contributed by atoms with Gasteiger partial charge in [0.25, 0.3) is 0 Å². The summed E-state index contributed by atoms with van der Waals surface area (Å²) >= 11 is 0. The zero-order valence-corrected chi connectivity index (χ0v) is 22.6. The van der Waals surface area contributed by atoms with Crippen LogP contribution in [0.5, 0.6) is 5.75 Å². The van der Waals surface area contributed by atoms with Crippen LogP contribution < -0.4 is 4.74 Å². The number of carbonyl (C=O) groups excluding carboxylic acids is 1. The van der Waals surface area contributed by atoms with Gasteiger partial charge in [-0.25, -0.2) is 0 Å². The Kier molecular flexibility index (Phi) is 11.5. The first-order valence-corrected chi connectivity index (χ1v) is 14.5. The maximum atomic E-state index is 13.7. The van der Waals surface area contributed by atoms with E-state index < -0.39 is 5.41 Å². The molecule has 3 heteroatoms. The first-order chi connectivity index (χ1) is 17.6. The van der Waals surface area contributed by atoms with Crippen molar-refractivity contribution < 1.29 is 9.53 Å². The highest BCUT2D eigenvalue weighted by molar-refractivity contribution is 5.85. The van der Waals surface area contributed by atoms with Crippen LogP contribution >= 0.6 is 0 Å². The van der Waals surface area contributed by atoms with E-state index in [0.717, 1.165) is 62.5 Å². The zero-order chi connectivity index (χ0) is 25.6. The molecular weight excluding hydrogens is 442 g/mol. The van der Waals surface area contributed by atoms with Gasteiger partial charge in [-0.2, -0.15) is 5.26 Å². The summed E-state index contributed by atoms with van der Waals surface area (Å²) in [6, 6.07) is 16.7. The van der Waals surface area contributed by atoms with Gasteiger partial charge in [-0.1, -0.05) is 108 Å². The summed E-state index contributed by atoms with van der Waals surface area (Å²) < 4.78 is 6.01. The lowest BCUT2D eigenvalue weighted by Crippen LogP contribution is -2.41. The molecule has 0 atom stereocenters. The smallest absolute Gasteiger partial charge is 0.321 e. The van der Waals surface area contributed by atoms with Gasteiger partial charge >= 0.3 is 5.97 Å². The van der Waals surface area contributed by atoms with Crippen molar-refractivity contribution in [2.75, 3.05) is 0 Å². The molecule has 3 nitrogen and oxygen atoms in total. The minimum absolute atomic E-state index is 0.207. The molecule has 0 unspecified atom stereocenters. The Labute approximate surface area is 219 Å². The second-order valence-corrected chi connectivity index (χ2v) is 10.6. The van der Waals surface area contributed by atoms with E-state index >= 15 is 0 Å². The number of unbranched alkanes of at least 4 members (excludes halogenated alkanes) is 7. The number of rotatable bonds is 14. The first kappa shape index (κ1) is 28.0. The summed E-state index contributed by atoms with van der Waals surface area (Å²) in [5, 5.41) is 9.78. The largest absolute Gasteiger partial charge is 0.424 e. The molecule has 0 radical (unpaired) electrons. The molecule has 0 N–H and O–H groups in total. The highest BCUT2D eigenvalue weighted by atomic mass is 16.5. The summed E-state index contributed by atoms with van der Waals surface area (Å²) in [7, 11) is 0. The number of esters is 1. The Morgan fingerprint density at radius 2 is 1.39 bits per heavy atom. The van der Waals surface area contributed by atoms with Crippen LogP contribution in [0.1, 0.15) is 126 Å². The van der Waals surface area contributed by atoms with Crippen molar-refractivity contribution in [1.29, 1.82) is 5.26 Å². The molecule has 0 aromatic heterocycles. The predicted molar refractivity (Wildman–Crippen MR) is 148 cm³/mol. The van der Waals surface area contributed by atoms with Crippen LogP contribution in [0.25, 0.3) is 0 Å². The molecule has 0 bridgehead atoms. The molecular formula is C33H45NO2. The van der Waals surface area contributed by atoms with E-state index in [1.54, 1.807) is 0 Å². The van der Waals surface area contributed by atoms with Crippen molar-refractivity contribution in [2.24, 2.45) is 0 Å². The van der Waals surface area contributed by atoms with Gasteiger partial charge in [0, 0.05) is 0 Å². The number of hydrogen-bond donors (Lipinski definition) is 0. The standard InChI is InChI=1S/C33H45NO2/c1-3-5-7-9-12-16-28-19-22-31(29(25-28)26-34)36-32(35)33(23-13-10-14-24-33)30-20-17-27(18-21-30)15-11-8-6-4-2/h17-22,25H,3-16,23-24H2,1-2H3. The SMILES string of the molecule is CCCCCCCc1ccc(OC(=O)C2(c3ccc(CCCCCC)cc3)CCCCC2)c(C#N)c1. The lowest BCUT2D eigenvalue weighted by molar-refractivity contribution is -0.142. The van der Waals surface area contributed by atoms with Crippen LogP contribution in [0, 0.1) is 11.3 Å². The second-order valence-electron chi connectivity index (χ2n) is 10.6. The van der Waals surface area contributed by atoms with Crippen molar-refractivity contribution in [3.8, 4) is 11.8 Å². The van der Waals surface area contributed by atoms with Gasteiger partial charge in [-0.05, 0) is 67.3 Å². The number of carbonyl (C=O) groups is 1. The van der Waals surface area contributed by atoms with E-state index in [0.29, 0.717) is 11.3 Å². The molecule has 194 valence electrons. The minimum atomic E-state index is -0.621. The number of nitriles is 1. The Morgan fingerprint density at radius 3 is 2.03 bits per heavy atom. The van der Waals surface area contributed by atoms with Crippen LogP contribution in [0.15, 0.2) is 42.5 Å². The van der Waals surface area contributed by atoms with Crippen LogP contribution in [-0.4, -0.2) is 5.97 Å². The van der Waals surface area contributed by atoms with E-state index in [4.69, 9.17) is 4.74 Å². The van der Waals surface area contributed by atoms with Gasteiger partial charge in [-0.15, -0.1) is 0 Å². The van der Waals surface area contributed by atoms with E-state index in [2.05, 4.69) is 44.2 Å². The number of benzene rings is 2. The second kappa shape index (κ2) is 14.8. The normalized spacial score (nSPS) is 14.8. The van der Waals surface area contributed by atoms with Crippen molar-refractivity contribution in [1.82, 2.24) is 0 Å². The Balaban J connectivity index is 1.71. The fourth-order valence-electron chi connectivity index (χ4n) is 5.55. The fourth-order valence-corrected chi connectivity index (χ4v) is 5.55. The van der Waals surface area contributed by atoms with E-state index in [1.807, 2.05) is 18.2 Å². The highest BCUT2D eigenvalue weighted by Gasteiger charge is 2.43. The molecule has 2 aromatic carbocycles. The summed E-state index contributed by atoms with van der Waals surface area (Å²) in [5.41, 5.74) is 3.38. The molecule has 0 heterocycles. The van der Waals surface area contributed by atoms with Crippen molar-refractivity contribution >= 4 is 5.97 Å². The molecule has 3 rings (SSSR count). The lowest BCUT2D eigenvalue weighted by Gasteiger charge is -2.35. The van der Waals surface area contributed by atoms with Crippen LogP contribution in [0.2, 0.25) is 0 Å². The highest BCUT2D eigenvalue weighted by Crippen LogP contribution is 2.41. The zero-order valence-electron chi connectivity index (χ0n) is 22.6. The Hall–Kier alpha value is -2.60. The summed E-state index contributed by atoms with van der Waals surface area (Å²) in [4.78, 5) is 13.7. The molecule has 1 saturated carbocycles.